The van der Waals surface area contributed by atoms with Gasteiger partial charge >= 0.3 is 0 Å². The Kier molecular flexibility index (Phi) is 5.24. The lowest BCUT2D eigenvalue weighted by Crippen LogP contribution is -2.49. The van der Waals surface area contributed by atoms with Gasteiger partial charge in [-0.3, -0.25) is 9.69 Å². The summed E-state index contributed by atoms with van der Waals surface area (Å²) in [4.78, 5) is 26.6. The van der Waals surface area contributed by atoms with Gasteiger partial charge in [0.2, 0.25) is 5.91 Å². The van der Waals surface area contributed by atoms with Crippen LogP contribution in [0.1, 0.15) is 5.56 Å². The molecule has 140 valence electrons. The van der Waals surface area contributed by atoms with Gasteiger partial charge in [0.15, 0.2) is 0 Å². The summed E-state index contributed by atoms with van der Waals surface area (Å²) in [7, 11) is 0. The topological polar surface area (TPSA) is 61.4 Å². The summed E-state index contributed by atoms with van der Waals surface area (Å²) in [5.74, 6) is 0.963. The van der Waals surface area contributed by atoms with Crippen molar-refractivity contribution in [1.82, 2.24) is 14.9 Å². The number of benzene rings is 1. The number of fused-ring (bicyclic) bond motifs is 1. The molecule has 0 spiro atoms. The monoisotopic (exact) mass is 401 g/mol. The number of nitrogens with zero attached hydrogens (tertiary/aromatic N) is 4. The Hall–Kier alpha value is -2.22. The van der Waals surface area contributed by atoms with Gasteiger partial charge in [-0.05, 0) is 36.1 Å². The van der Waals surface area contributed by atoms with Gasteiger partial charge in [-0.2, -0.15) is 0 Å². The normalized spacial score (nSPS) is 15.3. The minimum absolute atomic E-state index is 0.0226. The second-order valence-electron chi connectivity index (χ2n) is 6.61. The van der Waals surface area contributed by atoms with E-state index in [1.165, 1.54) is 0 Å². The molecule has 8 heteroatoms. The summed E-state index contributed by atoms with van der Waals surface area (Å²) >= 11 is 7.75. The van der Waals surface area contributed by atoms with E-state index in [1.807, 2.05) is 24.4 Å². The van der Waals surface area contributed by atoms with Crippen molar-refractivity contribution in [3.05, 3.63) is 46.6 Å². The zero-order valence-corrected chi connectivity index (χ0v) is 16.6. The number of carbonyl (C=O) groups excluding carboxylic acids is 1. The highest BCUT2D eigenvalue weighted by Gasteiger charge is 2.21. The summed E-state index contributed by atoms with van der Waals surface area (Å²) in [6.45, 7) is 5.62. The molecule has 2 aromatic heterocycles. The van der Waals surface area contributed by atoms with E-state index in [4.69, 9.17) is 11.6 Å². The Morgan fingerprint density at radius 2 is 2.04 bits per heavy atom. The van der Waals surface area contributed by atoms with Crippen LogP contribution in [0.5, 0.6) is 0 Å². The molecule has 3 aromatic rings. The van der Waals surface area contributed by atoms with Crippen LogP contribution in [0.3, 0.4) is 0 Å². The molecular weight excluding hydrogens is 382 g/mol. The summed E-state index contributed by atoms with van der Waals surface area (Å²) in [5, 5.41) is 6.73. The second-order valence-corrected chi connectivity index (χ2v) is 7.91. The maximum Gasteiger partial charge on any atom is 0.238 e. The number of carbonyl (C=O) groups is 1. The third-order valence-electron chi connectivity index (χ3n) is 4.74. The Labute approximate surface area is 166 Å². The molecule has 0 bridgehead atoms. The van der Waals surface area contributed by atoms with Gasteiger partial charge in [-0.1, -0.05) is 17.7 Å². The highest BCUT2D eigenvalue weighted by Crippen LogP contribution is 2.27. The van der Waals surface area contributed by atoms with E-state index in [0.29, 0.717) is 11.6 Å². The third-order valence-corrected chi connectivity index (χ3v) is 5.96. The third kappa shape index (κ3) is 4.05. The number of nitrogens with one attached hydrogen (secondary N) is 1. The van der Waals surface area contributed by atoms with Gasteiger partial charge in [0.05, 0.1) is 11.9 Å². The van der Waals surface area contributed by atoms with Crippen molar-refractivity contribution in [3.8, 4) is 0 Å². The molecule has 1 aromatic carbocycles. The fourth-order valence-electron chi connectivity index (χ4n) is 3.22. The maximum atomic E-state index is 12.3. The minimum Gasteiger partial charge on any atom is -0.353 e. The zero-order valence-electron chi connectivity index (χ0n) is 15.0. The van der Waals surface area contributed by atoms with Crippen LogP contribution >= 0.6 is 22.9 Å². The Morgan fingerprint density at radius 1 is 1.22 bits per heavy atom. The molecule has 1 fully saturated rings. The van der Waals surface area contributed by atoms with E-state index in [9.17, 15) is 4.79 Å². The first-order chi connectivity index (χ1) is 13.1. The highest BCUT2D eigenvalue weighted by atomic mass is 35.5. The Morgan fingerprint density at radius 3 is 2.81 bits per heavy atom. The van der Waals surface area contributed by atoms with Gasteiger partial charge < -0.3 is 10.2 Å². The predicted octanol–water partition coefficient (Wildman–Crippen LogP) is 3.41. The Balaban J connectivity index is 1.33. The lowest BCUT2D eigenvalue weighted by Gasteiger charge is -2.35. The summed E-state index contributed by atoms with van der Waals surface area (Å²) in [6, 6.07) is 7.64. The van der Waals surface area contributed by atoms with Crippen LogP contribution in [-0.4, -0.2) is 53.5 Å². The number of hydrogen-bond donors (Lipinski definition) is 1. The van der Waals surface area contributed by atoms with Gasteiger partial charge in [-0.15, -0.1) is 11.3 Å². The maximum absolute atomic E-state index is 12.3. The minimum atomic E-state index is -0.0226. The van der Waals surface area contributed by atoms with Crippen molar-refractivity contribution < 1.29 is 4.79 Å². The summed E-state index contributed by atoms with van der Waals surface area (Å²) < 4.78 is 0. The van der Waals surface area contributed by atoms with Crippen molar-refractivity contribution >= 4 is 50.6 Å². The van der Waals surface area contributed by atoms with E-state index in [-0.39, 0.29) is 5.91 Å². The molecule has 27 heavy (non-hydrogen) atoms. The number of thiophene rings is 1. The molecule has 0 saturated carbocycles. The fourth-order valence-corrected chi connectivity index (χ4v) is 4.13. The van der Waals surface area contributed by atoms with Crippen LogP contribution in [0.15, 0.2) is 36.0 Å². The van der Waals surface area contributed by atoms with Gasteiger partial charge in [-0.25, -0.2) is 9.97 Å². The van der Waals surface area contributed by atoms with E-state index in [2.05, 4.69) is 31.2 Å². The molecule has 1 aliphatic heterocycles. The van der Waals surface area contributed by atoms with E-state index >= 15 is 0 Å². The van der Waals surface area contributed by atoms with Crippen LogP contribution in [0.2, 0.25) is 5.02 Å². The highest BCUT2D eigenvalue weighted by molar-refractivity contribution is 7.16. The number of anilines is 2. The summed E-state index contributed by atoms with van der Waals surface area (Å²) in [6.07, 6.45) is 1.63. The van der Waals surface area contributed by atoms with Crippen molar-refractivity contribution in [2.75, 3.05) is 42.9 Å². The van der Waals surface area contributed by atoms with Crippen molar-refractivity contribution in [2.24, 2.45) is 0 Å². The molecule has 1 saturated heterocycles. The standard InChI is InChI=1S/C19H20ClN5OS/c1-13-2-3-14(10-16(13)20)23-17(26)11-24-5-7-25(8-6-24)18-15-4-9-27-19(15)22-12-21-18/h2-4,9-10,12H,5-8,11H2,1H3,(H,23,26). The molecule has 6 nitrogen and oxygen atoms in total. The fraction of sp³-hybridized carbons (Fsp3) is 0.316. The van der Waals surface area contributed by atoms with E-state index in [0.717, 1.165) is 53.5 Å². The number of piperazine rings is 1. The first-order valence-corrected chi connectivity index (χ1v) is 10.1. The number of rotatable bonds is 4. The molecule has 0 aliphatic carbocycles. The average molecular weight is 402 g/mol. The van der Waals surface area contributed by atoms with E-state index < -0.39 is 0 Å². The molecule has 1 N–H and O–H groups in total. The number of hydrogen-bond acceptors (Lipinski definition) is 6. The van der Waals surface area contributed by atoms with Gasteiger partial charge in [0, 0.05) is 36.9 Å². The van der Waals surface area contributed by atoms with Gasteiger partial charge in [0.1, 0.15) is 17.0 Å². The van der Waals surface area contributed by atoms with Crippen molar-refractivity contribution in [2.45, 2.75) is 6.92 Å². The quantitative estimate of drug-likeness (QED) is 0.725. The first-order valence-electron chi connectivity index (χ1n) is 8.81. The van der Waals surface area contributed by atoms with Crippen LogP contribution < -0.4 is 10.2 Å². The summed E-state index contributed by atoms with van der Waals surface area (Å²) in [5.41, 5.74) is 1.73. The number of amides is 1. The molecule has 1 aliphatic rings. The smallest absolute Gasteiger partial charge is 0.238 e. The number of halogens is 1. The molecular formula is C19H20ClN5OS. The predicted molar refractivity (Wildman–Crippen MR) is 111 cm³/mol. The zero-order chi connectivity index (χ0) is 18.8. The molecule has 0 unspecified atom stereocenters. The van der Waals surface area contributed by atoms with E-state index in [1.54, 1.807) is 23.7 Å². The molecule has 4 rings (SSSR count). The number of aryl methyl sites for hydroxylation is 1. The lowest BCUT2D eigenvalue weighted by molar-refractivity contribution is -0.117. The van der Waals surface area contributed by atoms with Gasteiger partial charge in [0.25, 0.3) is 0 Å². The number of aromatic nitrogens is 2. The van der Waals surface area contributed by atoms with Crippen LogP contribution in [0.25, 0.3) is 10.2 Å². The molecule has 3 heterocycles. The first kappa shape index (κ1) is 18.2. The average Bonchev–Trinajstić information content (AvgIpc) is 3.14. The van der Waals surface area contributed by atoms with Crippen LogP contribution in [0.4, 0.5) is 11.5 Å². The largest absolute Gasteiger partial charge is 0.353 e. The second kappa shape index (κ2) is 7.80. The molecule has 0 atom stereocenters. The SMILES string of the molecule is Cc1ccc(NC(=O)CN2CCN(c3ncnc4sccc34)CC2)cc1Cl. The van der Waals surface area contributed by atoms with Crippen LogP contribution in [-0.2, 0) is 4.79 Å². The van der Waals surface area contributed by atoms with Crippen molar-refractivity contribution in [3.63, 3.8) is 0 Å². The van der Waals surface area contributed by atoms with Crippen LogP contribution in [0, 0.1) is 6.92 Å². The van der Waals surface area contributed by atoms with Crippen molar-refractivity contribution in [1.29, 1.82) is 0 Å². The molecule has 1 amide bonds. The molecule has 0 radical (unpaired) electrons. The lowest BCUT2D eigenvalue weighted by atomic mass is 10.2. The Bertz CT molecular complexity index is 968.